The molecule has 0 saturated carbocycles. The number of fused-ring (bicyclic) bond motifs is 1. The number of pyridine rings is 1. The van der Waals surface area contributed by atoms with Crippen LogP contribution in [0.25, 0.3) is 10.9 Å². The monoisotopic (exact) mass is 516 g/mol. The fourth-order valence-corrected chi connectivity index (χ4v) is 5.81. The van der Waals surface area contributed by atoms with Crippen LogP contribution in [0.2, 0.25) is 5.02 Å². The van der Waals surface area contributed by atoms with Crippen LogP contribution in [-0.2, 0) is 0 Å². The van der Waals surface area contributed by atoms with Gasteiger partial charge in [-0.15, -0.1) is 11.8 Å². The number of piperidine rings is 1. The number of aliphatic hydroxyl groups excluding tert-OH is 2. The predicted molar refractivity (Wildman–Crippen MR) is 140 cm³/mol. The van der Waals surface area contributed by atoms with Crippen molar-refractivity contribution in [3.63, 3.8) is 0 Å². The zero-order valence-corrected chi connectivity index (χ0v) is 21.6. The van der Waals surface area contributed by atoms with Crippen LogP contribution in [0.3, 0.4) is 0 Å². The number of thioether (sulfide) groups is 1. The fourth-order valence-electron chi connectivity index (χ4n) is 4.78. The van der Waals surface area contributed by atoms with E-state index < -0.39 is 6.10 Å². The van der Waals surface area contributed by atoms with Gasteiger partial charge in [0, 0.05) is 41.9 Å². The van der Waals surface area contributed by atoms with Crippen molar-refractivity contribution in [1.29, 1.82) is 0 Å². The maximum atomic E-state index is 11.1. The summed E-state index contributed by atoms with van der Waals surface area (Å²) in [5.74, 6) is 1.71. The van der Waals surface area contributed by atoms with Gasteiger partial charge in [0.25, 0.3) is 0 Å². The van der Waals surface area contributed by atoms with Crippen LogP contribution in [0.1, 0.15) is 43.8 Å². The molecule has 1 aromatic carbocycles. The highest BCUT2D eigenvalue weighted by Crippen LogP contribution is 2.40. The summed E-state index contributed by atoms with van der Waals surface area (Å²) in [6.45, 7) is 3.10. The quantitative estimate of drug-likeness (QED) is 0.278. The summed E-state index contributed by atoms with van der Waals surface area (Å²) in [6, 6.07) is 5.59. The summed E-state index contributed by atoms with van der Waals surface area (Å²) in [5, 5.41) is 23.6. The number of benzene rings is 1. The summed E-state index contributed by atoms with van der Waals surface area (Å²) in [5.41, 5.74) is 1.28. The maximum absolute atomic E-state index is 11.1. The van der Waals surface area contributed by atoms with Gasteiger partial charge in [0.2, 0.25) is 0 Å². The molecule has 188 valence electrons. The molecule has 3 aromatic rings. The number of hydrogen-bond acceptors (Lipinski definition) is 8. The summed E-state index contributed by atoms with van der Waals surface area (Å²) in [4.78, 5) is 15.3. The second kappa shape index (κ2) is 12.3. The highest BCUT2D eigenvalue weighted by atomic mass is 35.5. The number of aliphatic hydroxyl groups is 2. The van der Waals surface area contributed by atoms with Crippen molar-refractivity contribution in [2.24, 2.45) is 5.41 Å². The van der Waals surface area contributed by atoms with E-state index >= 15 is 0 Å². The standard InChI is InChI=1S/C26H33ClN4O3S/c1-34-19-3-4-22-20(15-19)25(21(27)16-30-22)23(33)5-6-26(18-32)7-12-31(13-8-26)11-2-14-35-24-17-28-9-10-29-24/h3-4,9-10,15-17,23,32-33H,2,5-8,11-14,18H2,1H3/t23-/m1/s1. The average molecular weight is 517 g/mol. The van der Waals surface area contributed by atoms with Gasteiger partial charge in [0.05, 0.1) is 29.9 Å². The third-order valence-corrected chi connectivity index (χ3v) is 8.31. The second-order valence-electron chi connectivity index (χ2n) is 9.20. The van der Waals surface area contributed by atoms with Crippen LogP contribution in [-0.4, -0.2) is 69.2 Å². The molecule has 7 nitrogen and oxygen atoms in total. The molecule has 0 bridgehead atoms. The van der Waals surface area contributed by atoms with Gasteiger partial charge in [-0.25, -0.2) is 4.98 Å². The van der Waals surface area contributed by atoms with Crippen LogP contribution in [0.5, 0.6) is 5.75 Å². The Balaban J connectivity index is 1.30. The molecule has 0 spiro atoms. The van der Waals surface area contributed by atoms with E-state index in [-0.39, 0.29) is 12.0 Å². The lowest BCUT2D eigenvalue weighted by Crippen LogP contribution is -2.42. The molecule has 9 heteroatoms. The molecule has 1 saturated heterocycles. The first-order valence-corrected chi connectivity index (χ1v) is 13.4. The van der Waals surface area contributed by atoms with Gasteiger partial charge >= 0.3 is 0 Å². The lowest BCUT2D eigenvalue weighted by atomic mass is 9.74. The third-order valence-electron chi connectivity index (χ3n) is 7.01. The smallest absolute Gasteiger partial charge is 0.119 e. The van der Waals surface area contributed by atoms with Gasteiger partial charge in [-0.1, -0.05) is 11.6 Å². The number of nitrogens with zero attached hydrogens (tertiary/aromatic N) is 4. The summed E-state index contributed by atoms with van der Waals surface area (Å²) in [6.07, 6.45) is 10.3. The van der Waals surface area contributed by atoms with E-state index in [1.54, 1.807) is 43.7 Å². The van der Waals surface area contributed by atoms with Crippen molar-refractivity contribution < 1.29 is 14.9 Å². The minimum absolute atomic E-state index is 0.134. The summed E-state index contributed by atoms with van der Waals surface area (Å²) in [7, 11) is 1.61. The van der Waals surface area contributed by atoms with Gasteiger partial charge in [0.1, 0.15) is 10.8 Å². The number of methoxy groups -OCH3 is 1. The van der Waals surface area contributed by atoms with Crippen molar-refractivity contribution in [3.8, 4) is 5.75 Å². The molecular weight excluding hydrogens is 484 g/mol. The number of aromatic nitrogens is 3. The number of rotatable bonds is 11. The summed E-state index contributed by atoms with van der Waals surface area (Å²) >= 11 is 8.21. The molecule has 1 atom stereocenters. The number of halogens is 1. The van der Waals surface area contributed by atoms with Crippen molar-refractivity contribution >= 4 is 34.3 Å². The Morgan fingerprint density at radius 3 is 2.74 bits per heavy atom. The van der Waals surface area contributed by atoms with E-state index in [0.717, 1.165) is 67.0 Å². The van der Waals surface area contributed by atoms with E-state index in [2.05, 4.69) is 19.9 Å². The first-order valence-electron chi connectivity index (χ1n) is 12.1. The van der Waals surface area contributed by atoms with E-state index in [0.29, 0.717) is 22.8 Å². The molecule has 1 aliphatic rings. The Bertz CT molecular complexity index is 1100. The normalized spacial score (nSPS) is 16.9. The first-order chi connectivity index (χ1) is 17.0. The fraction of sp³-hybridized carbons (Fsp3) is 0.500. The number of ether oxygens (including phenoxy) is 1. The van der Waals surface area contributed by atoms with Gasteiger partial charge < -0.3 is 19.8 Å². The van der Waals surface area contributed by atoms with Crippen molar-refractivity contribution in [2.45, 2.75) is 43.2 Å². The van der Waals surface area contributed by atoms with Crippen molar-refractivity contribution in [1.82, 2.24) is 19.9 Å². The molecule has 2 N–H and O–H groups in total. The second-order valence-corrected chi connectivity index (χ2v) is 10.7. The van der Waals surface area contributed by atoms with Crippen LogP contribution >= 0.6 is 23.4 Å². The van der Waals surface area contributed by atoms with E-state index in [1.807, 2.05) is 18.2 Å². The van der Waals surface area contributed by atoms with E-state index in [1.165, 1.54) is 0 Å². The molecule has 0 aliphatic carbocycles. The SMILES string of the molecule is COc1ccc2ncc(Cl)c([C@H](O)CCC3(CO)CCN(CCCSc4cnccn4)CC3)c2c1. The lowest BCUT2D eigenvalue weighted by molar-refractivity contribution is 0.0238. The predicted octanol–water partition coefficient (Wildman–Crippen LogP) is 4.76. The van der Waals surface area contributed by atoms with Crippen molar-refractivity contribution in [2.75, 3.05) is 39.1 Å². The highest BCUT2D eigenvalue weighted by Gasteiger charge is 2.34. The minimum Gasteiger partial charge on any atom is -0.497 e. The van der Waals surface area contributed by atoms with E-state index in [9.17, 15) is 10.2 Å². The molecule has 0 radical (unpaired) electrons. The average Bonchev–Trinajstić information content (AvgIpc) is 2.90. The van der Waals surface area contributed by atoms with E-state index in [4.69, 9.17) is 16.3 Å². The largest absolute Gasteiger partial charge is 0.497 e. The van der Waals surface area contributed by atoms with Gasteiger partial charge in [-0.05, 0) is 75.4 Å². The van der Waals surface area contributed by atoms with Gasteiger partial charge in [0.15, 0.2) is 0 Å². The van der Waals surface area contributed by atoms with Gasteiger partial charge in [-0.2, -0.15) is 0 Å². The van der Waals surface area contributed by atoms with Crippen LogP contribution < -0.4 is 4.74 Å². The minimum atomic E-state index is -0.736. The van der Waals surface area contributed by atoms with Crippen LogP contribution in [0, 0.1) is 5.41 Å². The van der Waals surface area contributed by atoms with Crippen LogP contribution in [0.4, 0.5) is 0 Å². The molecule has 1 fully saturated rings. The van der Waals surface area contributed by atoms with Crippen molar-refractivity contribution in [3.05, 3.63) is 53.6 Å². The first kappa shape index (κ1) is 26.1. The lowest BCUT2D eigenvalue weighted by Gasteiger charge is -2.41. The maximum Gasteiger partial charge on any atom is 0.119 e. The Labute approximate surface area is 215 Å². The molecule has 0 unspecified atom stereocenters. The van der Waals surface area contributed by atoms with Crippen LogP contribution in [0.15, 0.2) is 48.0 Å². The zero-order valence-electron chi connectivity index (χ0n) is 20.1. The zero-order chi connectivity index (χ0) is 24.7. The number of hydrogen-bond donors (Lipinski definition) is 2. The summed E-state index contributed by atoms with van der Waals surface area (Å²) < 4.78 is 5.36. The molecule has 4 rings (SSSR count). The van der Waals surface area contributed by atoms with Gasteiger partial charge in [-0.3, -0.25) is 9.97 Å². The topological polar surface area (TPSA) is 91.6 Å². The Kier molecular flexibility index (Phi) is 9.19. The Hall–Kier alpha value is -1.97. The molecule has 2 aromatic heterocycles. The Morgan fingerprint density at radius 1 is 1.20 bits per heavy atom. The molecule has 0 amide bonds. The molecular formula is C26H33ClN4O3S. The third kappa shape index (κ3) is 6.62. The molecule has 3 heterocycles. The molecule has 1 aliphatic heterocycles. The number of likely N-dealkylation sites (tertiary alicyclic amines) is 1. The molecule has 35 heavy (non-hydrogen) atoms. The Morgan fingerprint density at radius 2 is 2.03 bits per heavy atom. The highest BCUT2D eigenvalue weighted by molar-refractivity contribution is 7.99.